The fourth-order valence-corrected chi connectivity index (χ4v) is 6.51. The molecule has 0 radical (unpaired) electrons. The Morgan fingerprint density at radius 1 is 1.00 bits per heavy atom. The second-order valence-corrected chi connectivity index (χ2v) is 11.3. The molecule has 1 aliphatic rings. The monoisotopic (exact) mass is 721 g/mol. The summed E-state index contributed by atoms with van der Waals surface area (Å²) in [6, 6.07) is 18.8. The molecule has 3 aromatic carbocycles. The Morgan fingerprint density at radius 3 is 2.48 bits per heavy atom. The highest BCUT2D eigenvalue weighted by atomic mass is 127. The third kappa shape index (κ3) is 6.05. The molecule has 1 heterocycles. The van der Waals surface area contributed by atoms with Crippen molar-refractivity contribution >= 4 is 97.4 Å². The predicted octanol–water partition coefficient (Wildman–Crippen LogP) is 8.02. The normalized spacial score (nSPS) is 14.9. The van der Waals surface area contributed by atoms with E-state index in [4.69, 9.17) is 27.9 Å². The molecule has 0 aromatic heterocycles. The Morgan fingerprint density at radius 2 is 1.76 bits per heavy atom. The first-order valence-corrected chi connectivity index (χ1v) is 13.4. The van der Waals surface area contributed by atoms with E-state index in [0.717, 1.165) is 30.0 Å². The summed E-state index contributed by atoms with van der Waals surface area (Å²) in [6.45, 7) is 0.480. The minimum Gasteiger partial charge on any atom is -0.487 e. The van der Waals surface area contributed by atoms with Crippen LogP contribution in [0, 0.1) is 7.14 Å². The van der Waals surface area contributed by atoms with Gasteiger partial charge in [-0.2, -0.15) is 0 Å². The van der Waals surface area contributed by atoms with Crippen LogP contribution in [0.4, 0.5) is 4.79 Å². The van der Waals surface area contributed by atoms with Gasteiger partial charge in [-0.1, -0.05) is 59.6 Å². The molecule has 0 atom stereocenters. The second kappa shape index (κ2) is 11.0. The molecule has 0 unspecified atom stereocenters. The van der Waals surface area contributed by atoms with E-state index in [-0.39, 0.29) is 17.7 Å². The van der Waals surface area contributed by atoms with Crippen LogP contribution in [0.25, 0.3) is 6.08 Å². The number of imide groups is 1. The first-order chi connectivity index (χ1) is 15.8. The van der Waals surface area contributed by atoms with Crippen molar-refractivity contribution in [3.8, 4) is 5.75 Å². The number of thioether (sulfide) groups is 1. The lowest BCUT2D eigenvalue weighted by Gasteiger charge is -2.14. The molecule has 0 aliphatic carbocycles. The minimum atomic E-state index is -0.362. The van der Waals surface area contributed by atoms with Crippen LogP contribution in [0.2, 0.25) is 10.0 Å². The number of benzene rings is 3. The number of rotatable bonds is 6. The number of carbonyl (C=O) groups excluding carboxylic acids is 2. The van der Waals surface area contributed by atoms with Crippen molar-refractivity contribution in [2.24, 2.45) is 0 Å². The Kier molecular flexibility index (Phi) is 8.27. The van der Waals surface area contributed by atoms with Crippen LogP contribution in [-0.2, 0) is 17.9 Å². The van der Waals surface area contributed by atoms with Gasteiger partial charge in [-0.15, -0.1) is 0 Å². The number of nitrogens with zero attached hydrogens (tertiary/aromatic N) is 1. The van der Waals surface area contributed by atoms with Gasteiger partial charge in [0.1, 0.15) is 12.4 Å². The SMILES string of the molecule is O=C1S/C(=C\c2cc(I)cc(I)c2OCc2ccccc2)C(=O)N1Cc1ccc(Cl)cc1Cl. The lowest BCUT2D eigenvalue weighted by molar-refractivity contribution is -0.123. The molecule has 3 aromatic rings. The van der Waals surface area contributed by atoms with E-state index in [9.17, 15) is 9.59 Å². The maximum Gasteiger partial charge on any atom is 0.293 e. The molecule has 1 fully saturated rings. The zero-order valence-electron chi connectivity index (χ0n) is 16.9. The predicted molar refractivity (Wildman–Crippen MR) is 151 cm³/mol. The van der Waals surface area contributed by atoms with E-state index in [1.54, 1.807) is 24.3 Å². The fraction of sp³-hybridized carbons (Fsp3) is 0.0833. The number of carbonyl (C=O) groups is 2. The quantitative estimate of drug-likeness (QED) is 0.191. The Balaban J connectivity index is 1.60. The maximum absolute atomic E-state index is 13.1. The van der Waals surface area contributed by atoms with Gasteiger partial charge < -0.3 is 4.74 Å². The number of amides is 2. The van der Waals surface area contributed by atoms with Gasteiger partial charge in [0.05, 0.1) is 15.0 Å². The van der Waals surface area contributed by atoms with Crippen LogP contribution in [0.15, 0.2) is 65.6 Å². The van der Waals surface area contributed by atoms with Gasteiger partial charge in [-0.3, -0.25) is 14.5 Å². The summed E-state index contributed by atoms with van der Waals surface area (Å²) in [6.07, 6.45) is 1.72. The molecule has 33 heavy (non-hydrogen) atoms. The molecule has 4 nitrogen and oxygen atoms in total. The van der Waals surface area contributed by atoms with Gasteiger partial charge in [-0.05, 0) is 98.4 Å². The topological polar surface area (TPSA) is 46.6 Å². The number of halogens is 4. The zero-order valence-corrected chi connectivity index (χ0v) is 23.5. The van der Waals surface area contributed by atoms with Gasteiger partial charge in [0, 0.05) is 19.2 Å². The van der Waals surface area contributed by atoms with Crippen LogP contribution in [-0.4, -0.2) is 16.0 Å². The lowest BCUT2D eigenvalue weighted by atomic mass is 10.1. The Labute approximate surface area is 232 Å². The highest BCUT2D eigenvalue weighted by Gasteiger charge is 2.35. The molecule has 0 saturated carbocycles. The smallest absolute Gasteiger partial charge is 0.293 e. The summed E-state index contributed by atoms with van der Waals surface area (Å²) in [7, 11) is 0. The van der Waals surface area contributed by atoms with Crippen molar-refractivity contribution in [1.82, 2.24) is 4.90 Å². The summed E-state index contributed by atoms with van der Waals surface area (Å²) in [4.78, 5) is 27.2. The summed E-state index contributed by atoms with van der Waals surface area (Å²) in [5.74, 6) is 0.311. The molecular weight excluding hydrogens is 707 g/mol. The average Bonchev–Trinajstić information content (AvgIpc) is 3.03. The number of hydrogen-bond acceptors (Lipinski definition) is 4. The molecule has 9 heteroatoms. The molecule has 1 aliphatic heterocycles. The van der Waals surface area contributed by atoms with Crippen LogP contribution in [0.1, 0.15) is 16.7 Å². The van der Waals surface area contributed by atoms with Crippen LogP contribution in [0.3, 0.4) is 0 Å². The van der Waals surface area contributed by atoms with Crippen molar-refractivity contribution in [1.29, 1.82) is 0 Å². The summed E-state index contributed by atoms with van der Waals surface area (Å²) in [5.41, 5.74) is 2.44. The molecule has 4 rings (SSSR count). The van der Waals surface area contributed by atoms with Crippen molar-refractivity contribution < 1.29 is 14.3 Å². The van der Waals surface area contributed by atoms with E-state index in [2.05, 4.69) is 45.2 Å². The third-order valence-corrected chi connectivity index (χ3v) is 7.69. The van der Waals surface area contributed by atoms with Crippen LogP contribution < -0.4 is 4.74 Å². The van der Waals surface area contributed by atoms with Gasteiger partial charge in [-0.25, -0.2) is 0 Å². The third-order valence-electron chi connectivity index (χ3n) is 4.77. The van der Waals surface area contributed by atoms with Gasteiger partial charge in [0.25, 0.3) is 11.1 Å². The Bertz CT molecular complexity index is 1270. The highest BCUT2D eigenvalue weighted by molar-refractivity contribution is 14.1. The maximum atomic E-state index is 13.1. The van der Waals surface area contributed by atoms with Gasteiger partial charge in [0.2, 0.25) is 0 Å². The molecule has 2 amide bonds. The molecule has 1 saturated heterocycles. The van der Waals surface area contributed by atoms with Gasteiger partial charge in [0.15, 0.2) is 0 Å². The first-order valence-electron chi connectivity index (χ1n) is 9.67. The minimum absolute atomic E-state index is 0.0826. The standard InChI is InChI=1S/C24H15Cl2I2NO3S/c25-17-7-6-15(19(26)10-17)12-29-23(30)21(33-24(29)31)9-16-8-18(27)11-20(28)22(16)32-13-14-4-2-1-3-5-14/h1-11H,12-13H2/b21-9-. The fourth-order valence-electron chi connectivity index (χ4n) is 3.17. The van der Waals surface area contributed by atoms with Gasteiger partial charge >= 0.3 is 0 Å². The summed E-state index contributed by atoms with van der Waals surface area (Å²) in [5, 5.41) is 0.563. The van der Waals surface area contributed by atoms with E-state index < -0.39 is 0 Å². The zero-order chi connectivity index (χ0) is 23.5. The molecule has 0 spiro atoms. The average molecular weight is 722 g/mol. The largest absolute Gasteiger partial charge is 0.487 e. The molecular formula is C24H15Cl2I2NO3S. The van der Waals surface area contributed by atoms with Crippen LogP contribution >= 0.6 is 80.1 Å². The van der Waals surface area contributed by atoms with E-state index in [1.165, 1.54) is 4.90 Å². The van der Waals surface area contributed by atoms with E-state index >= 15 is 0 Å². The van der Waals surface area contributed by atoms with Crippen molar-refractivity contribution in [2.45, 2.75) is 13.2 Å². The van der Waals surface area contributed by atoms with Crippen molar-refractivity contribution in [2.75, 3.05) is 0 Å². The highest BCUT2D eigenvalue weighted by Crippen LogP contribution is 2.37. The lowest BCUT2D eigenvalue weighted by Crippen LogP contribution is -2.27. The van der Waals surface area contributed by atoms with Crippen molar-refractivity contribution in [3.63, 3.8) is 0 Å². The van der Waals surface area contributed by atoms with Crippen molar-refractivity contribution in [3.05, 3.63) is 99.4 Å². The first kappa shape index (κ1) is 24.8. The molecule has 0 bridgehead atoms. The second-order valence-electron chi connectivity index (χ2n) is 7.08. The number of ether oxygens (including phenoxy) is 1. The molecule has 0 N–H and O–H groups in total. The summed E-state index contributed by atoms with van der Waals surface area (Å²) >= 11 is 17.5. The molecule has 168 valence electrons. The Hall–Kier alpha value is -1.27. The van der Waals surface area contributed by atoms with E-state index in [0.29, 0.717) is 32.9 Å². The van der Waals surface area contributed by atoms with Crippen LogP contribution in [0.5, 0.6) is 5.75 Å². The van der Waals surface area contributed by atoms with E-state index in [1.807, 2.05) is 42.5 Å². The number of hydrogen-bond donors (Lipinski definition) is 0. The summed E-state index contributed by atoms with van der Waals surface area (Å²) < 4.78 is 8.05.